The molecule has 0 saturated carbocycles. The van der Waals surface area contributed by atoms with Gasteiger partial charge in [0.05, 0.1) is 6.54 Å². The molecule has 144 valence electrons. The van der Waals surface area contributed by atoms with Gasteiger partial charge >= 0.3 is 0 Å². The Balaban J connectivity index is 1.57. The molecule has 3 N–H and O–H groups in total. The summed E-state index contributed by atoms with van der Waals surface area (Å²) in [6, 6.07) is 12.5. The number of hydrogen-bond donors (Lipinski definition) is 2. The molecular weight excluding hydrogens is 334 g/mol. The van der Waals surface area contributed by atoms with Gasteiger partial charge < -0.3 is 16.0 Å². The Morgan fingerprint density at radius 3 is 2.59 bits per heavy atom. The molecule has 2 aromatic rings. The summed E-state index contributed by atoms with van der Waals surface area (Å²) in [5.41, 5.74) is 9.37. The third kappa shape index (κ3) is 5.71. The lowest BCUT2D eigenvalue weighted by Crippen LogP contribution is -2.24. The molecule has 0 radical (unpaired) electrons. The largest absolute Gasteiger partial charge is 0.370 e. The molecule has 1 aliphatic rings. The third-order valence-electron chi connectivity index (χ3n) is 5.00. The van der Waals surface area contributed by atoms with E-state index in [9.17, 15) is 0 Å². The minimum atomic E-state index is 0.424. The van der Waals surface area contributed by atoms with E-state index in [2.05, 4.69) is 58.3 Å². The molecule has 1 saturated heterocycles. The molecule has 0 aliphatic carbocycles. The zero-order valence-electron chi connectivity index (χ0n) is 16.5. The van der Waals surface area contributed by atoms with Crippen LogP contribution >= 0.6 is 0 Å². The number of hydrogen-bond acceptors (Lipinski definition) is 3. The number of rotatable bonds is 5. The first kappa shape index (κ1) is 19.2. The van der Waals surface area contributed by atoms with Crippen molar-refractivity contribution >= 4 is 17.5 Å². The molecule has 0 spiro atoms. The number of nitrogens with one attached hydrogen (secondary N) is 1. The van der Waals surface area contributed by atoms with E-state index in [1.807, 2.05) is 18.3 Å². The van der Waals surface area contributed by atoms with E-state index in [0.717, 1.165) is 30.2 Å². The van der Waals surface area contributed by atoms with Gasteiger partial charge in [-0.1, -0.05) is 44.9 Å². The van der Waals surface area contributed by atoms with Gasteiger partial charge in [0, 0.05) is 25.0 Å². The number of nitrogens with two attached hydrogens (primary N) is 1. The van der Waals surface area contributed by atoms with Gasteiger partial charge in [-0.2, -0.15) is 0 Å². The zero-order chi connectivity index (χ0) is 19.1. The predicted octanol–water partition coefficient (Wildman–Crippen LogP) is 4.51. The van der Waals surface area contributed by atoms with Crippen LogP contribution in [0.5, 0.6) is 0 Å². The van der Waals surface area contributed by atoms with Crippen molar-refractivity contribution < 1.29 is 0 Å². The van der Waals surface area contributed by atoms with Gasteiger partial charge in [0.25, 0.3) is 0 Å². The van der Waals surface area contributed by atoms with E-state index in [1.54, 1.807) is 0 Å². The summed E-state index contributed by atoms with van der Waals surface area (Å²) in [5.74, 6) is 1.98. The van der Waals surface area contributed by atoms with Gasteiger partial charge in [-0.05, 0) is 48.1 Å². The van der Waals surface area contributed by atoms with Crippen LogP contribution in [0.1, 0.15) is 56.6 Å². The fraction of sp³-hybridized carbons (Fsp3) is 0.455. The Labute approximate surface area is 162 Å². The number of aromatic nitrogens is 1. The summed E-state index contributed by atoms with van der Waals surface area (Å²) >= 11 is 0. The molecule has 0 amide bonds. The van der Waals surface area contributed by atoms with Crippen LogP contribution in [-0.4, -0.2) is 24.0 Å². The van der Waals surface area contributed by atoms with Crippen LogP contribution < -0.4 is 16.0 Å². The van der Waals surface area contributed by atoms with E-state index >= 15 is 0 Å². The van der Waals surface area contributed by atoms with Gasteiger partial charge in [-0.15, -0.1) is 0 Å². The second-order valence-electron chi connectivity index (χ2n) is 7.53. The van der Waals surface area contributed by atoms with Gasteiger partial charge in [0.15, 0.2) is 5.96 Å². The molecule has 5 nitrogen and oxygen atoms in total. The van der Waals surface area contributed by atoms with Crippen molar-refractivity contribution in [2.75, 3.05) is 23.3 Å². The van der Waals surface area contributed by atoms with Crippen molar-refractivity contribution in [3.63, 3.8) is 0 Å². The summed E-state index contributed by atoms with van der Waals surface area (Å²) in [4.78, 5) is 11.5. The van der Waals surface area contributed by atoms with Crippen LogP contribution in [0.25, 0.3) is 0 Å². The second kappa shape index (κ2) is 9.40. The molecule has 0 unspecified atom stereocenters. The third-order valence-corrected chi connectivity index (χ3v) is 5.00. The maximum Gasteiger partial charge on any atom is 0.193 e. The van der Waals surface area contributed by atoms with Crippen molar-refractivity contribution in [2.45, 2.75) is 52.0 Å². The van der Waals surface area contributed by atoms with Gasteiger partial charge in [-0.25, -0.2) is 9.98 Å². The lowest BCUT2D eigenvalue weighted by atomic mass is 10.0. The van der Waals surface area contributed by atoms with Crippen molar-refractivity contribution in [3.05, 3.63) is 53.7 Å². The van der Waals surface area contributed by atoms with E-state index < -0.39 is 0 Å². The highest BCUT2D eigenvalue weighted by molar-refractivity contribution is 5.92. The summed E-state index contributed by atoms with van der Waals surface area (Å²) in [6.07, 6.45) is 7.09. The van der Waals surface area contributed by atoms with Crippen LogP contribution in [0.15, 0.2) is 47.6 Å². The van der Waals surface area contributed by atoms with Crippen LogP contribution in [0.2, 0.25) is 0 Å². The first-order chi connectivity index (χ1) is 13.1. The quantitative estimate of drug-likeness (QED) is 0.604. The second-order valence-corrected chi connectivity index (χ2v) is 7.53. The first-order valence-electron chi connectivity index (χ1n) is 9.98. The van der Waals surface area contributed by atoms with Gasteiger partial charge in [0.2, 0.25) is 0 Å². The average molecular weight is 366 g/mol. The molecular formula is C22H31N5. The van der Waals surface area contributed by atoms with Crippen LogP contribution in [-0.2, 0) is 6.54 Å². The molecule has 3 rings (SSSR count). The highest BCUT2D eigenvalue weighted by atomic mass is 15.2. The van der Waals surface area contributed by atoms with E-state index in [-0.39, 0.29) is 0 Å². The lowest BCUT2D eigenvalue weighted by Gasteiger charge is -2.21. The predicted molar refractivity (Wildman–Crippen MR) is 114 cm³/mol. The standard InChI is InChI=1S/C22H31N5/c1-17(2)19-8-7-9-20(14-19)26-22(23)25-16-18-10-11-21(24-15-18)27-12-5-3-4-6-13-27/h7-11,14-15,17H,3-6,12-13,16H2,1-2H3,(H3,23,25,26). The van der Waals surface area contributed by atoms with Crippen LogP contribution in [0, 0.1) is 0 Å². The van der Waals surface area contributed by atoms with Crippen molar-refractivity contribution in [1.82, 2.24) is 4.98 Å². The minimum Gasteiger partial charge on any atom is -0.370 e. The number of pyridine rings is 1. The molecule has 27 heavy (non-hydrogen) atoms. The number of nitrogens with zero attached hydrogens (tertiary/aromatic N) is 3. The fourth-order valence-corrected chi connectivity index (χ4v) is 3.34. The molecule has 1 fully saturated rings. The summed E-state index contributed by atoms with van der Waals surface area (Å²) in [7, 11) is 0. The van der Waals surface area contributed by atoms with Crippen molar-refractivity contribution in [3.8, 4) is 0 Å². The Morgan fingerprint density at radius 2 is 1.93 bits per heavy atom. The maximum absolute atomic E-state index is 6.05. The molecule has 5 heteroatoms. The Kier molecular flexibility index (Phi) is 6.69. The first-order valence-corrected chi connectivity index (χ1v) is 9.98. The topological polar surface area (TPSA) is 66.5 Å². The summed E-state index contributed by atoms with van der Waals surface area (Å²) in [6.45, 7) is 7.10. The zero-order valence-corrected chi connectivity index (χ0v) is 16.5. The van der Waals surface area contributed by atoms with Gasteiger partial charge in [-0.3, -0.25) is 0 Å². The van der Waals surface area contributed by atoms with Crippen molar-refractivity contribution in [2.24, 2.45) is 10.7 Å². The molecule has 2 heterocycles. The number of benzene rings is 1. The molecule has 1 aromatic heterocycles. The van der Waals surface area contributed by atoms with E-state index in [1.165, 1.54) is 31.2 Å². The normalized spacial score (nSPS) is 15.7. The van der Waals surface area contributed by atoms with Crippen LogP contribution in [0.3, 0.4) is 0 Å². The molecule has 1 aromatic carbocycles. The van der Waals surface area contributed by atoms with E-state index in [0.29, 0.717) is 18.4 Å². The number of guanidine groups is 1. The average Bonchev–Trinajstić information content (AvgIpc) is 2.96. The Morgan fingerprint density at radius 1 is 1.15 bits per heavy atom. The lowest BCUT2D eigenvalue weighted by molar-refractivity contribution is 0.726. The number of anilines is 2. The fourth-order valence-electron chi connectivity index (χ4n) is 3.34. The maximum atomic E-state index is 6.05. The Bertz CT molecular complexity index is 744. The monoisotopic (exact) mass is 365 g/mol. The SMILES string of the molecule is CC(C)c1cccc(NC(N)=NCc2ccc(N3CCCCCC3)nc2)c1. The Hall–Kier alpha value is -2.56. The van der Waals surface area contributed by atoms with Crippen LogP contribution in [0.4, 0.5) is 11.5 Å². The summed E-state index contributed by atoms with van der Waals surface area (Å²) < 4.78 is 0. The summed E-state index contributed by atoms with van der Waals surface area (Å²) in [5, 5.41) is 3.18. The van der Waals surface area contributed by atoms with Gasteiger partial charge in [0.1, 0.15) is 5.82 Å². The number of aliphatic imine (C=N–C) groups is 1. The van der Waals surface area contributed by atoms with E-state index in [4.69, 9.17) is 5.73 Å². The highest BCUT2D eigenvalue weighted by Gasteiger charge is 2.10. The highest BCUT2D eigenvalue weighted by Crippen LogP contribution is 2.19. The molecule has 1 aliphatic heterocycles. The molecule has 0 atom stereocenters. The minimum absolute atomic E-state index is 0.424. The molecule has 0 bridgehead atoms. The smallest absolute Gasteiger partial charge is 0.193 e. The van der Waals surface area contributed by atoms with Crippen molar-refractivity contribution in [1.29, 1.82) is 0 Å².